The van der Waals surface area contributed by atoms with Crippen molar-refractivity contribution in [1.82, 2.24) is 25.1 Å². The fraction of sp³-hybridized carbons (Fsp3) is 0.407. The number of alkyl halides is 1. The van der Waals surface area contributed by atoms with Crippen molar-refractivity contribution in [3.63, 3.8) is 0 Å². The number of hydrogen-bond acceptors (Lipinski definition) is 5. The van der Waals surface area contributed by atoms with Gasteiger partial charge in [0.15, 0.2) is 0 Å². The van der Waals surface area contributed by atoms with E-state index in [4.69, 9.17) is 15.1 Å². The Labute approximate surface area is 215 Å². The second-order valence-corrected chi connectivity index (χ2v) is 8.95. The zero-order valence-corrected chi connectivity index (χ0v) is 21.4. The lowest BCUT2D eigenvalue weighted by Crippen LogP contribution is -2.33. The van der Waals surface area contributed by atoms with Gasteiger partial charge in [0.1, 0.15) is 29.6 Å². The number of aryl methyl sites for hydroxylation is 1. The summed E-state index contributed by atoms with van der Waals surface area (Å²) < 4.78 is 20.4. The number of para-hydroxylation sites is 1. The third kappa shape index (κ3) is 5.28. The van der Waals surface area contributed by atoms with Crippen LogP contribution in [0.25, 0.3) is 11.0 Å². The minimum Gasteiger partial charge on any atom is -0.492 e. The summed E-state index contributed by atoms with van der Waals surface area (Å²) in [5, 5.41) is 13.3. The second kappa shape index (κ2) is 11.4. The van der Waals surface area contributed by atoms with Crippen molar-refractivity contribution in [2.75, 3.05) is 26.4 Å². The molecule has 1 atom stereocenters. The smallest absolute Gasteiger partial charge is 0.255 e. The van der Waals surface area contributed by atoms with Gasteiger partial charge in [-0.1, -0.05) is 18.2 Å². The first kappa shape index (κ1) is 26.1. The first-order chi connectivity index (χ1) is 17.9. The van der Waals surface area contributed by atoms with Gasteiger partial charge in [-0.2, -0.15) is 0 Å². The molecule has 10 heteroatoms. The average molecular weight is 509 g/mol. The summed E-state index contributed by atoms with van der Waals surface area (Å²) in [4.78, 5) is 33.1. The number of rotatable bonds is 11. The maximum Gasteiger partial charge on any atom is 0.255 e. The monoisotopic (exact) mass is 508 g/mol. The molecule has 196 valence electrons. The number of nitrogens with one attached hydrogen (secondary N) is 3. The van der Waals surface area contributed by atoms with Gasteiger partial charge in [-0.15, -0.1) is 0 Å². The highest BCUT2D eigenvalue weighted by Crippen LogP contribution is 2.30. The highest BCUT2D eigenvalue weighted by molar-refractivity contribution is 6.09. The number of halogens is 1. The predicted molar refractivity (Wildman–Crippen MR) is 140 cm³/mol. The van der Waals surface area contributed by atoms with E-state index in [-0.39, 0.29) is 17.6 Å². The molecule has 2 amide bonds. The Morgan fingerprint density at radius 2 is 2.03 bits per heavy atom. The van der Waals surface area contributed by atoms with Crippen molar-refractivity contribution in [2.24, 2.45) is 7.05 Å². The van der Waals surface area contributed by atoms with Crippen molar-refractivity contribution >= 4 is 28.7 Å². The molecule has 1 aliphatic heterocycles. The van der Waals surface area contributed by atoms with E-state index >= 15 is 0 Å². The van der Waals surface area contributed by atoms with Gasteiger partial charge in [-0.25, -0.2) is 9.37 Å². The number of imidazole rings is 1. The maximum absolute atomic E-state index is 13.6. The van der Waals surface area contributed by atoms with Crippen LogP contribution in [-0.4, -0.2) is 58.5 Å². The first-order valence-electron chi connectivity index (χ1n) is 12.6. The van der Waals surface area contributed by atoms with Gasteiger partial charge >= 0.3 is 0 Å². The summed E-state index contributed by atoms with van der Waals surface area (Å²) >= 11 is 0. The Balaban J connectivity index is 1.65. The molecule has 3 aromatic rings. The van der Waals surface area contributed by atoms with Gasteiger partial charge in [-0.05, 0) is 50.5 Å². The molecule has 3 N–H and O–H groups in total. The molecule has 0 aliphatic carbocycles. The van der Waals surface area contributed by atoms with Crippen LogP contribution in [0.4, 0.5) is 4.39 Å². The van der Waals surface area contributed by atoms with E-state index in [2.05, 4.69) is 10.6 Å². The summed E-state index contributed by atoms with van der Waals surface area (Å²) in [6.07, 6.45) is 1.05. The van der Waals surface area contributed by atoms with Crippen molar-refractivity contribution < 1.29 is 18.7 Å². The lowest BCUT2D eigenvalue weighted by Gasteiger charge is -2.20. The van der Waals surface area contributed by atoms with Crippen LogP contribution in [0.3, 0.4) is 0 Å². The Morgan fingerprint density at radius 3 is 2.76 bits per heavy atom. The molecular weight excluding hydrogens is 475 g/mol. The van der Waals surface area contributed by atoms with Gasteiger partial charge in [0.05, 0.1) is 29.3 Å². The molecule has 0 radical (unpaired) electrons. The Morgan fingerprint density at radius 1 is 1.24 bits per heavy atom. The predicted octanol–water partition coefficient (Wildman–Crippen LogP) is 3.74. The minimum absolute atomic E-state index is 0.141. The molecule has 4 rings (SSSR count). The van der Waals surface area contributed by atoms with Crippen LogP contribution in [0.2, 0.25) is 0 Å². The van der Waals surface area contributed by atoms with Crippen LogP contribution in [0.1, 0.15) is 64.8 Å². The first-order valence-corrected chi connectivity index (χ1v) is 12.6. The van der Waals surface area contributed by atoms with E-state index < -0.39 is 12.7 Å². The molecule has 1 aromatic heterocycles. The number of fused-ring (bicyclic) bond motifs is 2. The topological polar surface area (TPSA) is 112 Å². The van der Waals surface area contributed by atoms with Gasteiger partial charge < -0.3 is 24.8 Å². The number of ether oxygens (including phenoxy) is 1. The molecule has 0 bridgehead atoms. The molecule has 37 heavy (non-hydrogen) atoms. The summed E-state index contributed by atoms with van der Waals surface area (Å²) in [5.41, 5.74) is 3.20. The Hall–Kier alpha value is -3.95. The highest BCUT2D eigenvalue weighted by Gasteiger charge is 2.32. The van der Waals surface area contributed by atoms with Crippen LogP contribution in [0, 0.1) is 5.41 Å². The molecule has 0 unspecified atom stereocenters. The van der Waals surface area contributed by atoms with Gasteiger partial charge in [0, 0.05) is 26.7 Å². The van der Waals surface area contributed by atoms with E-state index in [1.807, 2.05) is 49.7 Å². The van der Waals surface area contributed by atoms with E-state index in [0.29, 0.717) is 67.3 Å². The number of hydrogen-bond donors (Lipinski definition) is 3. The van der Waals surface area contributed by atoms with Crippen molar-refractivity contribution in [2.45, 2.75) is 39.3 Å². The third-order valence-corrected chi connectivity index (χ3v) is 6.61. The second-order valence-electron chi connectivity index (χ2n) is 8.95. The fourth-order valence-electron chi connectivity index (χ4n) is 4.75. The molecule has 9 nitrogen and oxygen atoms in total. The maximum atomic E-state index is 13.6. The quantitative estimate of drug-likeness (QED) is 0.208. The van der Waals surface area contributed by atoms with Crippen LogP contribution < -0.4 is 15.4 Å². The lowest BCUT2D eigenvalue weighted by molar-refractivity contribution is 0.0780. The molecule has 2 heterocycles. The average Bonchev–Trinajstić information content (AvgIpc) is 3.42. The Kier molecular flexibility index (Phi) is 8.05. The number of amides is 2. The zero-order chi connectivity index (χ0) is 26.5. The molecular formula is C27H33FN6O3. The van der Waals surface area contributed by atoms with Crippen LogP contribution in [0.15, 0.2) is 36.4 Å². The summed E-state index contributed by atoms with van der Waals surface area (Å²) in [6.45, 7) is 4.91. The van der Waals surface area contributed by atoms with Crippen LogP contribution in [0.5, 0.6) is 5.75 Å². The SMILES string of the molecule is CCOc1cccc2c1nc([C@H](CCCNC(=N)CF)NC(=O)c1cccc3c1C(=O)N(CC)C3)n2C. The van der Waals surface area contributed by atoms with E-state index in [9.17, 15) is 14.0 Å². The number of nitrogens with zero attached hydrogens (tertiary/aromatic N) is 3. The third-order valence-electron chi connectivity index (χ3n) is 6.61. The lowest BCUT2D eigenvalue weighted by atomic mass is 10.0. The number of benzene rings is 2. The number of carbonyl (C=O) groups excluding carboxylic acids is 2. The van der Waals surface area contributed by atoms with E-state index in [1.54, 1.807) is 17.0 Å². The standard InChI is InChI=1S/C27H33FN6O3/c1-4-34-16-17-9-6-10-18(23(17)27(34)36)26(35)31-19(11-8-14-30-22(29)15-28)25-32-24-20(33(25)3)12-7-13-21(24)37-5-2/h6-7,9-10,12-13,19H,4-5,8,11,14-16H2,1-3H3,(H2,29,30)(H,31,35)/t19-/m0/s1. The summed E-state index contributed by atoms with van der Waals surface area (Å²) in [6, 6.07) is 10.6. The normalized spacial score (nSPS) is 13.5. The molecule has 0 saturated carbocycles. The van der Waals surface area contributed by atoms with Gasteiger partial charge in [-0.3, -0.25) is 15.0 Å². The molecule has 0 fully saturated rings. The van der Waals surface area contributed by atoms with E-state index in [0.717, 1.165) is 11.1 Å². The van der Waals surface area contributed by atoms with Crippen molar-refractivity contribution in [3.05, 3.63) is 58.9 Å². The zero-order valence-electron chi connectivity index (χ0n) is 21.4. The van der Waals surface area contributed by atoms with Gasteiger partial charge in [0.25, 0.3) is 11.8 Å². The van der Waals surface area contributed by atoms with E-state index in [1.165, 1.54) is 0 Å². The molecule has 0 saturated heterocycles. The summed E-state index contributed by atoms with van der Waals surface area (Å²) in [5.74, 6) is 0.636. The molecule has 2 aromatic carbocycles. The molecule has 1 aliphatic rings. The highest BCUT2D eigenvalue weighted by atomic mass is 19.1. The largest absolute Gasteiger partial charge is 0.492 e. The van der Waals surface area contributed by atoms with Crippen LogP contribution in [-0.2, 0) is 13.6 Å². The number of aromatic nitrogens is 2. The fourth-order valence-corrected chi connectivity index (χ4v) is 4.75. The minimum atomic E-state index is -0.854. The van der Waals surface area contributed by atoms with Crippen LogP contribution >= 0.6 is 0 Å². The number of carbonyl (C=O) groups is 2. The van der Waals surface area contributed by atoms with Crippen molar-refractivity contribution in [1.29, 1.82) is 5.41 Å². The Bertz CT molecular complexity index is 1320. The van der Waals surface area contributed by atoms with Crippen molar-refractivity contribution in [3.8, 4) is 5.75 Å². The number of amidine groups is 1. The molecule has 0 spiro atoms. The van der Waals surface area contributed by atoms with Gasteiger partial charge in [0.2, 0.25) is 0 Å². The summed E-state index contributed by atoms with van der Waals surface area (Å²) in [7, 11) is 1.89.